The summed E-state index contributed by atoms with van der Waals surface area (Å²) in [6, 6.07) is 17.3. The van der Waals surface area contributed by atoms with Crippen LogP contribution in [0.4, 0.5) is 44.7 Å². The number of nitrogens with one attached hydrogen (secondary N) is 2. The molecule has 0 unspecified atom stereocenters. The Labute approximate surface area is 240 Å². The average molecular weight is 587 g/mol. The van der Waals surface area contributed by atoms with Gasteiger partial charge in [0.1, 0.15) is 11.6 Å². The molecule has 4 aromatic carbocycles. The molecule has 222 valence electrons. The Morgan fingerprint density at radius 3 is 1.95 bits per heavy atom. The van der Waals surface area contributed by atoms with Crippen molar-refractivity contribution in [3.8, 4) is 0 Å². The maximum Gasteiger partial charge on any atom is 0.416 e. The van der Waals surface area contributed by atoms with Gasteiger partial charge in [0.25, 0.3) is 11.8 Å². The van der Waals surface area contributed by atoms with Gasteiger partial charge in [-0.3, -0.25) is 9.59 Å². The van der Waals surface area contributed by atoms with E-state index in [1.807, 2.05) is 26.8 Å². The molecule has 0 aliphatic heterocycles. The molecule has 4 rings (SSSR count). The molecule has 0 spiro atoms. The van der Waals surface area contributed by atoms with Crippen LogP contribution in [0, 0.1) is 25.5 Å². The number of amides is 2. The van der Waals surface area contributed by atoms with E-state index in [4.69, 9.17) is 11.5 Å². The molecule has 0 atom stereocenters. The van der Waals surface area contributed by atoms with Crippen molar-refractivity contribution in [2.24, 2.45) is 0 Å². The highest BCUT2D eigenvalue weighted by atomic mass is 19.4. The molecule has 2 amide bonds. The summed E-state index contributed by atoms with van der Waals surface area (Å²) in [6.07, 6.45) is -4.52. The van der Waals surface area contributed by atoms with Gasteiger partial charge in [0.15, 0.2) is 0 Å². The van der Waals surface area contributed by atoms with Gasteiger partial charge < -0.3 is 22.1 Å². The van der Waals surface area contributed by atoms with Crippen LogP contribution in [0.3, 0.4) is 0 Å². The van der Waals surface area contributed by atoms with Crippen molar-refractivity contribution in [2.75, 3.05) is 22.1 Å². The Hall–Kier alpha value is -4.93. The Morgan fingerprint density at radius 2 is 1.31 bits per heavy atom. The zero-order chi connectivity index (χ0) is 31.6. The summed E-state index contributed by atoms with van der Waals surface area (Å²) in [5, 5.41) is 4.70. The minimum atomic E-state index is -4.52. The molecule has 11 heteroatoms. The van der Waals surface area contributed by atoms with Gasteiger partial charge in [-0.05, 0) is 68.4 Å². The van der Waals surface area contributed by atoms with E-state index >= 15 is 0 Å². The first-order chi connectivity index (χ1) is 19.7. The molecule has 6 N–H and O–H groups in total. The maximum atomic E-state index is 13.3. The molecule has 0 fully saturated rings. The van der Waals surface area contributed by atoms with Crippen LogP contribution in [-0.2, 0) is 6.18 Å². The first-order valence-corrected chi connectivity index (χ1v) is 12.7. The summed E-state index contributed by atoms with van der Waals surface area (Å²) in [5.41, 5.74) is 12.7. The van der Waals surface area contributed by atoms with Gasteiger partial charge in [-0.25, -0.2) is 8.78 Å². The fourth-order valence-corrected chi connectivity index (χ4v) is 3.47. The standard InChI is InChI=1S/C15H14F3N3O.C14H11F2NO.C2H6/c1-8-2-4-11(19)10(6-8)14(22)21-13-7-9(15(16,17)18)3-5-12(13)20;1-9-3-2-4-10(7-9)14(18)17-13-8-11(15)5-6-12(13)16;1-2/h2-7H,19-20H2,1H3,(H,21,22);2-8H,1H3,(H,17,18);1-2H3. The van der Waals surface area contributed by atoms with Crippen molar-refractivity contribution in [3.05, 3.63) is 118 Å². The monoisotopic (exact) mass is 586 g/mol. The second-order valence-electron chi connectivity index (χ2n) is 8.79. The molecular weight excluding hydrogens is 555 g/mol. The van der Waals surface area contributed by atoms with Gasteiger partial charge in [0, 0.05) is 17.3 Å². The quantitative estimate of drug-likeness (QED) is 0.144. The van der Waals surface area contributed by atoms with Crippen molar-refractivity contribution in [3.63, 3.8) is 0 Å². The Balaban J connectivity index is 0.000000282. The van der Waals surface area contributed by atoms with Crippen molar-refractivity contribution in [1.29, 1.82) is 0 Å². The first kappa shape index (κ1) is 33.3. The van der Waals surface area contributed by atoms with Gasteiger partial charge in [0.05, 0.1) is 28.2 Å². The van der Waals surface area contributed by atoms with Gasteiger partial charge >= 0.3 is 6.18 Å². The second-order valence-corrected chi connectivity index (χ2v) is 8.79. The normalized spacial score (nSPS) is 10.4. The number of aryl methyl sites for hydroxylation is 2. The summed E-state index contributed by atoms with van der Waals surface area (Å²) in [5.74, 6) is -2.36. The van der Waals surface area contributed by atoms with Gasteiger partial charge in [-0.2, -0.15) is 13.2 Å². The molecule has 0 radical (unpaired) electrons. The molecule has 0 saturated heterocycles. The van der Waals surface area contributed by atoms with Crippen LogP contribution in [-0.4, -0.2) is 11.8 Å². The lowest BCUT2D eigenvalue weighted by atomic mass is 10.1. The van der Waals surface area contributed by atoms with E-state index in [2.05, 4.69) is 10.6 Å². The summed E-state index contributed by atoms with van der Waals surface area (Å²) >= 11 is 0. The average Bonchev–Trinajstić information content (AvgIpc) is 2.94. The Bertz CT molecular complexity index is 1560. The molecule has 6 nitrogen and oxygen atoms in total. The number of carbonyl (C=O) groups excluding carboxylic acids is 2. The van der Waals surface area contributed by atoms with Crippen LogP contribution in [0.25, 0.3) is 0 Å². The molecule has 0 heterocycles. The number of hydrogen-bond donors (Lipinski definition) is 4. The van der Waals surface area contributed by atoms with Crippen molar-refractivity contribution in [2.45, 2.75) is 33.9 Å². The zero-order valence-corrected chi connectivity index (χ0v) is 23.4. The summed E-state index contributed by atoms with van der Waals surface area (Å²) < 4.78 is 64.4. The number of hydrogen-bond acceptors (Lipinski definition) is 4. The van der Waals surface area contributed by atoms with Gasteiger partial charge in [-0.15, -0.1) is 0 Å². The predicted molar refractivity (Wildman–Crippen MR) is 156 cm³/mol. The van der Waals surface area contributed by atoms with E-state index in [-0.39, 0.29) is 28.3 Å². The lowest BCUT2D eigenvalue weighted by molar-refractivity contribution is -0.137. The van der Waals surface area contributed by atoms with Crippen LogP contribution < -0.4 is 22.1 Å². The molecule has 0 saturated carbocycles. The fourth-order valence-electron chi connectivity index (χ4n) is 3.47. The molecule has 0 aliphatic carbocycles. The molecule has 42 heavy (non-hydrogen) atoms. The SMILES string of the molecule is CC.Cc1ccc(N)c(C(=O)Nc2cc(C(F)(F)F)ccc2N)c1.Cc1cccc(C(=O)Nc2cc(F)ccc2F)c1. The topological polar surface area (TPSA) is 110 Å². The van der Waals surface area contributed by atoms with E-state index in [9.17, 15) is 31.5 Å². The predicted octanol–water partition coefficient (Wildman–Crippen LogP) is 7.98. The number of nitrogens with two attached hydrogens (primary N) is 2. The van der Waals surface area contributed by atoms with Crippen LogP contribution in [0.1, 0.15) is 51.3 Å². The Kier molecular flexibility index (Phi) is 11.6. The van der Waals surface area contributed by atoms with Crippen molar-refractivity contribution in [1.82, 2.24) is 0 Å². The van der Waals surface area contributed by atoms with Crippen LogP contribution >= 0.6 is 0 Å². The number of rotatable bonds is 4. The van der Waals surface area contributed by atoms with E-state index < -0.39 is 35.2 Å². The lowest BCUT2D eigenvalue weighted by Crippen LogP contribution is -2.16. The molecule has 0 aliphatic rings. The van der Waals surface area contributed by atoms with Gasteiger partial charge in [0.2, 0.25) is 0 Å². The lowest BCUT2D eigenvalue weighted by Gasteiger charge is -2.13. The van der Waals surface area contributed by atoms with E-state index in [0.717, 1.165) is 47.5 Å². The van der Waals surface area contributed by atoms with Crippen molar-refractivity contribution >= 4 is 34.6 Å². The summed E-state index contributed by atoms with van der Waals surface area (Å²) in [6.45, 7) is 7.62. The molecule has 0 bridgehead atoms. The summed E-state index contributed by atoms with van der Waals surface area (Å²) in [4.78, 5) is 24.0. The van der Waals surface area contributed by atoms with E-state index in [1.165, 1.54) is 0 Å². The van der Waals surface area contributed by atoms with Crippen LogP contribution in [0.2, 0.25) is 0 Å². The minimum Gasteiger partial charge on any atom is -0.398 e. The van der Waals surface area contributed by atoms with Crippen molar-refractivity contribution < 1.29 is 31.5 Å². The van der Waals surface area contributed by atoms with Crippen LogP contribution in [0.15, 0.2) is 78.9 Å². The highest BCUT2D eigenvalue weighted by Gasteiger charge is 2.31. The summed E-state index contributed by atoms with van der Waals surface area (Å²) in [7, 11) is 0. The number of benzene rings is 4. The minimum absolute atomic E-state index is 0.0348. The Morgan fingerprint density at radius 1 is 0.690 bits per heavy atom. The number of halogens is 5. The number of nitrogen functional groups attached to an aromatic ring is 2. The third kappa shape index (κ3) is 9.33. The highest BCUT2D eigenvalue weighted by molar-refractivity contribution is 6.09. The highest BCUT2D eigenvalue weighted by Crippen LogP contribution is 2.33. The number of carbonyl (C=O) groups is 2. The van der Waals surface area contributed by atoms with E-state index in [0.29, 0.717) is 5.56 Å². The number of alkyl halides is 3. The number of anilines is 4. The smallest absolute Gasteiger partial charge is 0.398 e. The second kappa shape index (κ2) is 14.6. The molecular formula is C31H31F5N4O2. The largest absolute Gasteiger partial charge is 0.416 e. The third-order valence-corrected chi connectivity index (χ3v) is 5.54. The first-order valence-electron chi connectivity index (χ1n) is 12.7. The molecule has 4 aromatic rings. The van der Waals surface area contributed by atoms with Crippen LogP contribution in [0.5, 0.6) is 0 Å². The molecule has 0 aromatic heterocycles. The third-order valence-electron chi connectivity index (χ3n) is 5.54. The fraction of sp³-hybridized carbons (Fsp3) is 0.161. The van der Waals surface area contributed by atoms with Gasteiger partial charge in [-0.1, -0.05) is 43.2 Å². The maximum absolute atomic E-state index is 13.3. The zero-order valence-electron chi connectivity index (χ0n) is 23.4. The van der Waals surface area contributed by atoms with E-state index in [1.54, 1.807) is 43.3 Å².